The fraction of sp³-hybridized carbons (Fsp3) is 0.0833. The third-order valence-electron chi connectivity index (χ3n) is 5.11. The van der Waals surface area contributed by atoms with Crippen molar-refractivity contribution in [2.45, 2.75) is 11.1 Å². The van der Waals surface area contributed by atoms with Crippen LogP contribution in [0.4, 0.5) is 18.9 Å². The normalized spacial score (nSPS) is 11.9. The zero-order valence-corrected chi connectivity index (χ0v) is 22.0. The van der Waals surface area contributed by atoms with Gasteiger partial charge >= 0.3 is 12.1 Å². The summed E-state index contributed by atoms with van der Waals surface area (Å²) in [6, 6.07) is 10.7. The topological polar surface area (TPSA) is 94.6 Å². The molecular formula is C24H14Cl3F3N2O5S. The number of nitrogens with one attached hydrogen (secondary N) is 1. The van der Waals surface area contributed by atoms with Gasteiger partial charge in [-0.3, -0.25) is 9.71 Å². The molecule has 3 aromatic carbocycles. The Labute approximate surface area is 229 Å². The molecule has 0 spiro atoms. The molecule has 0 unspecified atom stereocenters. The van der Waals surface area contributed by atoms with Crippen molar-refractivity contribution in [3.05, 3.63) is 87.0 Å². The van der Waals surface area contributed by atoms with Crippen LogP contribution in [0.25, 0.3) is 10.9 Å². The molecule has 7 nitrogen and oxygen atoms in total. The van der Waals surface area contributed by atoms with Gasteiger partial charge in [-0.1, -0.05) is 46.9 Å². The molecule has 0 amide bonds. The second-order valence-electron chi connectivity index (χ2n) is 7.66. The maximum atomic E-state index is 12.9. The number of pyridine rings is 1. The zero-order chi connectivity index (χ0) is 27.8. The fourth-order valence-electron chi connectivity index (χ4n) is 3.41. The third-order valence-corrected chi connectivity index (χ3v) is 7.54. The molecule has 1 N–H and O–H groups in total. The van der Waals surface area contributed by atoms with Crippen LogP contribution in [-0.2, 0) is 20.9 Å². The molecule has 0 aliphatic rings. The van der Waals surface area contributed by atoms with E-state index in [4.69, 9.17) is 44.3 Å². The number of sulfonamides is 1. The van der Waals surface area contributed by atoms with Crippen molar-refractivity contribution in [1.82, 2.24) is 4.98 Å². The first kappa shape index (κ1) is 27.8. The van der Waals surface area contributed by atoms with Crippen molar-refractivity contribution in [3.8, 4) is 11.5 Å². The van der Waals surface area contributed by atoms with Crippen molar-refractivity contribution in [2.75, 3.05) is 11.8 Å². The highest BCUT2D eigenvalue weighted by atomic mass is 35.5. The average molecular weight is 606 g/mol. The SMILES string of the molecule is COC(=O)c1cccc2cc(Oc3c(Cl)cc(NS(=O)(=O)c4ccc(C(F)(F)F)cc4Cl)cc3Cl)cnc12. The minimum atomic E-state index is -4.69. The summed E-state index contributed by atoms with van der Waals surface area (Å²) in [5, 5.41) is -0.228. The van der Waals surface area contributed by atoms with Crippen molar-refractivity contribution < 1.29 is 35.9 Å². The number of benzene rings is 3. The number of methoxy groups -OCH3 is 1. The summed E-state index contributed by atoms with van der Waals surface area (Å²) in [5.41, 5.74) is -0.547. The quantitative estimate of drug-likeness (QED) is 0.228. The van der Waals surface area contributed by atoms with Gasteiger partial charge in [0.25, 0.3) is 10.0 Å². The smallest absolute Gasteiger partial charge is 0.416 e. The summed E-state index contributed by atoms with van der Waals surface area (Å²) in [5.74, 6) is -0.360. The first-order valence-corrected chi connectivity index (χ1v) is 13.0. The number of hydrogen-bond donors (Lipinski definition) is 1. The van der Waals surface area contributed by atoms with E-state index in [1.807, 2.05) is 0 Å². The summed E-state index contributed by atoms with van der Waals surface area (Å²) in [7, 11) is -3.15. The number of aromatic nitrogens is 1. The molecule has 0 radical (unpaired) electrons. The van der Waals surface area contributed by atoms with E-state index in [0.29, 0.717) is 23.0 Å². The van der Waals surface area contributed by atoms with Crippen molar-refractivity contribution >= 4 is 67.4 Å². The minimum absolute atomic E-state index is 0.0193. The van der Waals surface area contributed by atoms with Gasteiger partial charge < -0.3 is 9.47 Å². The monoisotopic (exact) mass is 604 g/mol. The van der Waals surface area contributed by atoms with Crippen LogP contribution >= 0.6 is 34.8 Å². The summed E-state index contributed by atoms with van der Waals surface area (Å²) in [6.07, 6.45) is -3.36. The van der Waals surface area contributed by atoms with Crippen LogP contribution < -0.4 is 9.46 Å². The molecule has 4 rings (SSSR count). The Morgan fingerprint density at radius 3 is 2.26 bits per heavy atom. The standard InChI is InChI=1S/C24H14Cl3F3N2O5S/c1-36-23(33)16-4-2-3-12-7-15(11-31-21(12)16)37-22-18(26)9-14(10-19(22)27)32-38(34,35)20-6-5-13(8-17(20)25)24(28,29)30/h2-11,32H,1H3. The lowest BCUT2D eigenvalue weighted by Crippen LogP contribution is -2.14. The molecule has 0 saturated heterocycles. The maximum absolute atomic E-state index is 12.9. The van der Waals surface area contributed by atoms with Crippen LogP contribution in [0.5, 0.6) is 11.5 Å². The van der Waals surface area contributed by atoms with Crippen LogP contribution in [0, 0.1) is 0 Å². The Morgan fingerprint density at radius 1 is 0.974 bits per heavy atom. The van der Waals surface area contributed by atoms with Crippen LogP contribution in [0.3, 0.4) is 0 Å². The largest absolute Gasteiger partial charge is 0.465 e. The Balaban J connectivity index is 1.60. The molecule has 38 heavy (non-hydrogen) atoms. The average Bonchev–Trinajstić information content (AvgIpc) is 2.84. The summed E-state index contributed by atoms with van der Waals surface area (Å²) in [4.78, 5) is 15.6. The van der Waals surface area contributed by atoms with E-state index in [-0.39, 0.29) is 32.8 Å². The number of hydrogen-bond acceptors (Lipinski definition) is 6. The number of rotatable bonds is 6. The lowest BCUT2D eigenvalue weighted by molar-refractivity contribution is -0.137. The molecule has 0 atom stereocenters. The number of nitrogens with zero attached hydrogens (tertiary/aromatic N) is 1. The summed E-state index contributed by atoms with van der Waals surface area (Å²) >= 11 is 18.4. The Kier molecular flexibility index (Phi) is 7.67. The van der Waals surface area contributed by atoms with Gasteiger partial charge in [0, 0.05) is 5.39 Å². The van der Waals surface area contributed by atoms with Crippen LogP contribution in [0.1, 0.15) is 15.9 Å². The molecular weight excluding hydrogens is 592 g/mol. The van der Waals surface area contributed by atoms with Gasteiger partial charge in [0.2, 0.25) is 0 Å². The number of carbonyl (C=O) groups excluding carboxylic acids is 1. The Hall–Kier alpha value is -3.25. The molecule has 198 valence electrons. The minimum Gasteiger partial charge on any atom is -0.465 e. The molecule has 0 fully saturated rings. The van der Waals surface area contributed by atoms with E-state index in [9.17, 15) is 26.4 Å². The number of carbonyl (C=O) groups is 1. The van der Waals surface area contributed by atoms with Gasteiger partial charge in [-0.25, -0.2) is 13.2 Å². The van der Waals surface area contributed by atoms with Gasteiger partial charge in [0.1, 0.15) is 10.6 Å². The molecule has 0 bridgehead atoms. The molecule has 0 aliphatic heterocycles. The fourth-order valence-corrected chi connectivity index (χ4v) is 5.56. The highest BCUT2D eigenvalue weighted by Crippen LogP contribution is 2.40. The first-order valence-electron chi connectivity index (χ1n) is 10.3. The molecule has 1 heterocycles. The Bertz CT molecular complexity index is 1660. The number of ether oxygens (including phenoxy) is 2. The highest BCUT2D eigenvalue weighted by Gasteiger charge is 2.32. The number of fused-ring (bicyclic) bond motifs is 1. The van der Waals surface area contributed by atoms with E-state index in [0.717, 1.165) is 6.07 Å². The highest BCUT2D eigenvalue weighted by molar-refractivity contribution is 7.92. The summed E-state index contributed by atoms with van der Waals surface area (Å²) in [6.45, 7) is 0. The molecule has 0 saturated carbocycles. The lowest BCUT2D eigenvalue weighted by Gasteiger charge is -2.15. The van der Waals surface area contributed by atoms with Crippen molar-refractivity contribution in [2.24, 2.45) is 0 Å². The van der Waals surface area contributed by atoms with Gasteiger partial charge in [0.15, 0.2) is 5.75 Å². The number of para-hydroxylation sites is 1. The van der Waals surface area contributed by atoms with E-state index in [1.165, 1.54) is 25.4 Å². The van der Waals surface area contributed by atoms with Crippen LogP contribution in [-0.4, -0.2) is 26.5 Å². The van der Waals surface area contributed by atoms with E-state index in [1.54, 1.807) is 24.3 Å². The van der Waals surface area contributed by atoms with Crippen molar-refractivity contribution in [1.29, 1.82) is 0 Å². The van der Waals surface area contributed by atoms with E-state index < -0.39 is 37.7 Å². The second-order valence-corrected chi connectivity index (χ2v) is 10.5. The van der Waals surface area contributed by atoms with Gasteiger partial charge in [-0.05, 0) is 42.5 Å². The number of anilines is 1. The molecule has 0 aliphatic carbocycles. The second kappa shape index (κ2) is 10.5. The predicted octanol–water partition coefficient (Wildman–Crippen LogP) is 7.59. The van der Waals surface area contributed by atoms with Crippen LogP contribution in [0.2, 0.25) is 15.1 Å². The third kappa shape index (κ3) is 5.75. The Morgan fingerprint density at radius 2 is 1.66 bits per heavy atom. The maximum Gasteiger partial charge on any atom is 0.416 e. The van der Waals surface area contributed by atoms with Crippen molar-refractivity contribution in [3.63, 3.8) is 0 Å². The van der Waals surface area contributed by atoms with E-state index >= 15 is 0 Å². The van der Waals surface area contributed by atoms with Gasteiger partial charge in [-0.15, -0.1) is 0 Å². The summed E-state index contributed by atoms with van der Waals surface area (Å²) < 4.78 is 76.9. The molecule has 1 aromatic heterocycles. The van der Waals surface area contributed by atoms with E-state index in [2.05, 4.69) is 9.71 Å². The van der Waals surface area contributed by atoms with Crippen LogP contribution in [0.15, 0.2) is 65.7 Å². The van der Waals surface area contributed by atoms with Gasteiger partial charge in [-0.2, -0.15) is 13.2 Å². The number of esters is 1. The molecule has 4 aromatic rings. The lowest BCUT2D eigenvalue weighted by atomic mass is 10.1. The number of alkyl halides is 3. The number of halogens is 6. The van der Waals surface area contributed by atoms with Gasteiger partial charge in [0.05, 0.1) is 50.7 Å². The predicted molar refractivity (Wildman–Crippen MR) is 137 cm³/mol. The molecule has 14 heteroatoms. The zero-order valence-electron chi connectivity index (χ0n) is 18.9. The first-order chi connectivity index (χ1) is 17.8.